The third-order valence-corrected chi connectivity index (χ3v) is 4.42. The van der Waals surface area contributed by atoms with Crippen LogP contribution >= 0.6 is 11.6 Å². The molecule has 0 amide bonds. The fraction of sp³-hybridized carbons (Fsp3) is 0.333. The number of halogens is 1. The molecule has 3 rings (SSSR count). The Kier molecular flexibility index (Phi) is 4.47. The van der Waals surface area contributed by atoms with Gasteiger partial charge in [0.25, 0.3) is 0 Å². The molecule has 0 aliphatic carbocycles. The van der Waals surface area contributed by atoms with Gasteiger partial charge < -0.3 is 4.74 Å². The molecule has 2 aromatic rings. The van der Waals surface area contributed by atoms with E-state index in [0.29, 0.717) is 6.04 Å². The van der Waals surface area contributed by atoms with Crippen molar-refractivity contribution in [3.63, 3.8) is 0 Å². The van der Waals surface area contributed by atoms with Crippen molar-refractivity contribution in [2.24, 2.45) is 0 Å². The molecule has 3 heteroatoms. The maximum atomic E-state index is 5.99. The summed E-state index contributed by atoms with van der Waals surface area (Å²) in [6.07, 6.45) is 2.47. The summed E-state index contributed by atoms with van der Waals surface area (Å²) < 4.78 is 5.21. The second-order valence-corrected chi connectivity index (χ2v) is 5.96. The Labute approximate surface area is 131 Å². The van der Waals surface area contributed by atoms with E-state index in [9.17, 15) is 0 Å². The van der Waals surface area contributed by atoms with E-state index in [0.717, 1.165) is 23.9 Å². The van der Waals surface area contributed by atoms with Gasteiger partial charge in [-0.05, 0) is 54.8 Å². The standard InChI is InChI=1S/C18H20ClNO/c1-21-17-10-4-14(5-11-17)13-20-12-2-3-18(20)15-6-8-16(19)9-7-15/h4-11,18H,2-3,12-13H2,1H3/t18-/m1/s1. The molecule has 1 atom stereocenters. The Morgan fingerprint density at radius 3 is 2.48 bits per heavy atom. The molecule has 0 bridgehead atoms. The van der Waals surface area contributed by atoms with E-state index in [4.69, 9.17) is 16.3 Å². The second kappa shape index (κ2) is 6.50. The largest absolute Gasteiger partial charge is 0.497 e. The molecule has 1 fully saturated rings. The summed E-state index contributed by atoms with van der Waals surface area (Å²) in [4.78, 5) is 2.55. The summed E-state index contributed by atoms with van der Waals surface area (Å²) in [6, 6.07) is 17.1. The molecule has 1 heterocycles. The van der Waals surface area contributed by atoms with Crippen molar-refractivity contribution in [3.05, 3.63) is 64.7 Å². The first kappa shape index (κ1) is 14.4. The topological polar surface area (TPSA) is 12.5 Å². The van der Waals surface area contributed by atoms with Gasteiger partial charge in [-0.25, -0.2) is 0 Å². The monoisotopic (exact) mass is 301 g/mol. The quantitative estimate of drug-likeness (QED) is 0.812. The van der Waals surface area contributed by atoms with Crippen LogP contribution in [0.25, 0.3) is 0 Å². The summed E-state index contributed by atoms with van der Waals surface area (Å²) in [5, 5.41) is 0.804. The van der Waals surface area contributed by atoms with Gasteiger partial charge >= 0.3 is 0 Å². The lowest BCUT2D eigenvalue weighted by molar-refractivity contribution is 0.248. The summed E-state index contributed by atoms with van der Waals surface area (Å²) in [5.41, 5.74) is 2.70. The lowest BCUT2D eigenvalue weighted by atomic mass is 10.0. The molecular formula is C18H20ClNO. The molecule has 2 nitrogen and oxygen atoms in total. The van der Waals surface area contributed by atoms with Crippen LogP contribution in [0.15, 0.2) is 48.5 Å². The lowest BCUT2D eigenvalue weighted by Crippen LogP contribution is -2.22. The van der Waals surface area contributed by atoms with Gasteiger partial charge in [0, 0.05) is 17.6 Å². The van der Waals surface area contributed by atoms with Gasteiger partial charge in [0.2, 0.25) is 0 Å². The zero-order chi connectivity index (χ0) is 14.7. The van der Waals surface area contributed by atoms with Crippen LogP contribution in [-0.2, 0) is 6.54 Å². The van der Waals surface area contributed by atoms with Gasteiger partial charge in [-0.1, -0.05) is 35.9 Å². The van der Waals surface area contributed by atoms with Crippen molar-refractivity contribution in [1.82, 2.24) is 4.90 Å². The molecule has 0 N–H and O–H groups in total. The van der Waals surface area contributed by atoms with Gasteiger partial charge in [0.1, 0.15) is 5.75 Å². The molecule has 21 heavy (non-hydrogen) atoms. The molecule has 0 saturated carbocycles. The van der Waals surface area contributed by atoms with Crippen LogP contribution in [0.4, 0.5) is 0 Å². The van der Waals surface area contributed by atoms with Crippen LogP contribution in [0.1, 0.15) is 30.0 Å². The molecule has 110 valence electrons. The van der Waals surface area contributed by atoms with Crippen LogP contribution < -0.4 is 4.74 Å². The first-order valence-corrected chi connectivity index (χ1v) is 7.76. The molecule has 1 saturated heterocycles. The van der Waals surface area contributed by atoms with E-state index in [1.54, 1.807) is 7.11 Å². The van der Waals surface area contributed by atoms with Crippen LogP contribution in [0.3, 0.4) is 0 Å². The Morgan fingerprint density at radius 2 is 1.81 bits per heavy atom. The van der Waals surface area contributed by atoms with Gasteiger partial charge in [-0.2, -0.15) is 0 Å². The molecule has 0 spiro atoms. The summed E-state index contributed by atoms with van der Waals surface area (Å²) in [7, 11) is 1.70. The lowest BCUT2D eigenvalue weighted by Gasteiger charge is -2.25. The second-order valence-electron chi connectivity index (χ2n) is 5.53. The smallest absolute Gasteiger partial charge is 0.118 e. The van der Waals surface area contributed by atoms with Crippen molar-refractivity contribution < 1.29 is 4.74 Å². The van der Waals surface area contributed by atoms with Crippen molar-refractivity contribution in [3.8, 4) is 5.75 Å². The number of nitrogens with zero attached hydrogens (tertiary/aromatic N) is 1. The zero-order valence-corrected chi connectivity index (χ0v) is 13.0. The van der Waals surface area contributed by atoms with Gasteiger partial charge in [0.15, 0.2) is 0 Å². The SMILES string of the molecule is COc1ccc(CN2CCC[C@@H]2c2ccc(Cl)cc2)cc1. The van der Waals surface area contributed by atoms with Crippen LogP contribution in [-0.4, -0.2) is 18.6 Å². The number of ether oxygens (including phenoxy) is 1. The molecule has 0 radical (unpaired) electrons. The number of rotatable bonds is 4. The highest BCUT2D eigenvalue weighted by Gasteiger charge is 2.25. The average molecular weight is 302 g/mol. The van der Waals surface area contributed by atoms with E-state index in [-0.39, 0.29) is 0 Å². The van der Waals surface area contributed by atoms with Crippen molar-refractivity contribution in [2.45, 2.75) is 25.4 Å². The van der Waals surface area contributed by atoms with E-state index in [1.165, 1.54) is 24.0 Å². The highest BCUT2D eigenvalue weighted by molar-refractivity contribution is 6.30. The van der Waals surface area contributed by atoms with Gasteiger partial charge in [-0.15, -0.1) is 0 Å². The third-order valence-electron chi connectivity index (χ3n) is 4.16. The third kappa shape index (κ3) is 3.39. The Morgan fingerprint density at radius 1 is 1.10 bits per heavy atom. The van der Waals surface area contributed by atoms with Crippen molar-refractivity contribution in [1.29, 1.82) is 0 Å². The van der Waals surface area contributed by atoms with Gasteiger partial charge in [0.05, 0.1) is 7.11 Å². The number of likely N-dealkylation sites (tertiary alicyclic amines) is 1. The van der Waals surface area contributed by atoms with Crippen molar-refractivity contribution in [2.75, 3.05) is 13.7 Å². The first-order valence-electron chi connectivity index (χ1n) is 7.39. The number of hydrogen-bond donors (Lipinski definition) is 0. The van der Waals surface area contributed by atoms with Crippen molar-refractivity contribution >= 4 is 11.6 Å². The van der Waals surface area contributed by atoms with E-state index < -0.39 is 0 Å². The zero-order valence-electron chi connectivity index (χ0n) is 12.3. The van der Waals surface area contributed by atoms with Crippen LogP contribution in [0.2, 0.25) is 5.02 Å². The minimum absolute atomic E-state index is 0.504. The number of hydrogen-bond acceptors (Lipinski definition) is 2. The fourth-order valence-corrected chi connectivity index (χ4v) is 3.17. The fourth-order valence-electron chi connectivity index (χ4n) is 3.04. The average Bonchev–Trinajstić information content (AvgIpc) is 2.97. The number of benzene rings is 2. The molecule has 0 aromatic heterocycles. The molecule has 1 aliphatic heterocycles. The maximum Gasteiger partial charge on any atom is 0.118 e. The Hall–Kier alpha value is -1.51. The predicted molar refractivity (Wildman–Crippen MR) is 86.8 cm³/mol. The van der Waals surface area contributed by atoms with Crippen LogP contribution in [0.5, 0.6) is 5.75 Å². The molecule has 0 unspecified atom stereocenters. The minimum atomic E-state index is 0.504. The van der Waals surface area contributed by atoms with E-state index in [1.807, 2.05) is 24.3 Å². The summed E-state index contributed by atoms with van der Waals surface area (Å²) in [5.74, 6) is 0.912. The maximum absolute atomic E-state index is 5.99. The minimum Gasteiger partial charge on any atom is -0.497 e. The molecule has 2 aromatic carbocycles. The first-order chi connectivity index (χ1) is 10.3. The van der Waals surface area contributed by atoms with E-state index >= 15 is 0 Å². The highest BCUT2D eigenvalue weighted by Crippen LogP contribution is 2.33. The predicted octanol–water partition coefficient (Wildman–Crippen LogP) is 4.69. The Bertz CT molecular complexity index is 579. The van der Waals surface area contributed by atoms with E-state index in [2.05, 4.69) is 29.2 Å². The molecular weight excluding hydrogens is 282 g/mol. The normalized spacial score (nSPS) is 18.9. The Balaban J connectivity index is 1.72. The summed E-state index contributed by atoms with van der Waals surface area (Å²) in [6.45, 7) is 2.14. The molecule has 1 aliphatic rings. The van der Waals surface area contributed by atoms with Crippen LogP contribution in [0, 0.1) is 0 Å². The number of methoxy groups -OCH3 is 1. The highest BCUT2D eigenvalue weighted by atomic mass is 35.5. The summed E-state index contributed by atoms with van der Waals surface area (Å²) >= 11 is 5.99. The van der Waals surface area contributed by atoms with Gasteiger partial charge in [-0.3, -0.25) is 4.90 Å².